The summed E-state index contributed by atoms with van der Waals surface area (Å²) < 4.78 is -2.15. The maximum atomic E-state index is 9.84. The molecule has 0 spiro atoms. The van der Waals surface area contributed by atoms with Crippen molar-refractivity contribution in [2.45, 2.75) is 9.90 Å². The van der Waals surface area contributed by atoms with E-state index in [-0.39, 0.29) is 0 Å². The number of hydrogen-bond acceptors (Lipinski definition) is 2. The number of aliphatic carboxylic acids is 1. The summed E-state index contributed by atoms with van der Waals surface area (Å²) in [5, 5.41) is 16.5. The van der Waals surface area contributed by atoms with Crippen molar-refractivity contribution >= 4 is 40.8 Å². The van der Waals surface area contributed by atoms with Crippen LogP contribution in [-0.4, -0.2) is 26.1 Å². The Bertz CT molecular complexity index is 118. The Morgan fingerprint density at radius 3 is 1.78 bits per heavy atom. The second-order valence-electron chi connectivity index (χ2n) is 1.28. The molecule has 1 atom stereocenters. The molecule has 3 nitrogen and oxygen atoms in total. The van der Waals surface area contributed by atoms with Gasteiger partial charge in [0.1, 0.15) is 0 Å². The van der Waals surface area contributed by atoms with E-state index in [1.807, 2.05) is 0 Å². The molecular formula is C3H3Cl3O3. The Morgan fingerprint density at radius 1 is 1.44 bits per heavy atom. The minimum Gasteiger partial charge on any atom is -0.479 e. The topological polar surface area (TPSA) is 57.5 Å². The van der Waals surface area contributed by atoms with Crippen molar-refractivity contribution in [2.24, 2.45) is 0 Å². The van der Waals surface area contributed by atoms with Crippen molar-refractivity contribution < 1.29 is 15.0 Å². The largest absolute Gasteiger partial charge is 0.479 e. The van der Waals surface area contributed by atoms with E-state index in [1.54, 1.807) is 0 Å². The Labute approximate surface area is 66.1 Å². The lowest BCUT2D eigenvalue weighted by Gasteiger charge is -2.13. The van der Waals surface area contributed by atoms with Crippen molar-refractivity contribution in [1.29, 1.82) is 0 Å². The molecule has 0 aliphatic carbocycles. The van der Waals surface area contributed by atoms with Crippen molar-refractivity contribution in [2.75, 3.05) is 0 Å². The number of carboxylic acid groups (broad SMARTS) is 1. The molecule has 0 aromatic heterocycles. The molecular weight excluding hydrogens is 190 g/mol. The highest BCUT2D eigenvalue weighted by molar-refractivity contribution is 6.68. The number of hydrogen-bond donors (Lipinski definition) is 2. The van der Waals surface area contributed by atoms with Crippen LogP contribution >= 0.6 is 34.8 Å². The predicted octanol–water partition coefficient (Wildman–Crippen LogP) is 0.802. The molecule has 0 saturated carbocycles. The van der Waals surface area contributed by atoms with Gasteiger partial charge in [-0.25, -0.2) is 4.79 Å². The summed E-state index contributed by atoms with van der Waals surface area (Å²) in [6, 6.07) is 0. The molecule has 0 saturated heterocycles. The van der Waals surface area contributed by atoms with Gasteiger partial charge in [0.05, 0.1) is 0 Å². The van der Waals surface area contributed by atoms with E-state index in [4.69, 9.17) is 45.0 Å². The zero-order valence-electron chi connectivity index (χ0n) is 4.01. The van der Waals surface area contributed by atoms with Gasteiger partial charge in [-0.2, -0.15) is 0 Å². The maximum Gasteiger partial charge on any atom is 0.337 e. The first kappa shape index (κ1) is 9.30. The molecule has 0 unspecified atom stereocenters. The summed E-state index contributed by atoms with van der Waals surface area (Å²) in [7, 11) is 0. The predicted molar refractivity (Wildman–Crippen MR) is 33.9 cm³/mol. The second kappa shape index (κ2) is 2.92. The minimum atomic E-state index is -2.15. The molecule has 0 heterocycles. The molecule has 6 heteroatoms. The van der Waals surface area contributed by atoms with Gasteiger partial charge in [0, 0.05) is 0 Å². The summed E-state index contributed by atoms with van der Waals surface area (Å²) >= 11 is 14.9. The highest BCUT2D eigenvalue weighted by atomic mass is 35.6. The molecule has 54 valence electrons. The average Bonchev–Trinajstić information content (AvgIpc) is 1.62. The molecule has 9 heavy (non-hydrogen) atoms. The third-order valence-electron chi connectivity index (χ3n) is 0.544. The molecule has 0 rings (SSSR count). The zero-order valence-corrected chi connectivity index (χ0v) is 6.28. The number of carbonyl (C=O) groups is 1. The summed E-state index contributed by atoms with van der Waals surface area (Å²) in [4.78, 5) is 9.84. The van der Waals surface area contributed by atoms with Crippen LogP contribution in [0, 0.1) is 0 Å². The molecule has 0 bridgehead atoms. The van der Waals surface area contributed by atoms with E-state index in [9.17, 15) is 4.79 Å². The fraction of sp³-hybridized carbons (Fsp3) is 0.667. The smallest absolute Gasteiger partial charge is 0.337 e. The molecule has 0 aromatic carbocycles. The van der Waals surface area contributed by atoms with Crippen molar-refractivity contribution in [3.05, 3.63) is 0 Å². The Morgan fingerprint density at radius 2 is 1.78 bits per heavy atom. The number of halogens is 3. The van der Waals surface area contributed by atoms with Gasteiger partial charge in [0.25, 0.3) is 0 Å². The van der Waals surface area contributed by atoms with E-state index in [2.05, 4.69) is 0 Å². The van der Waals surface area contributed by atoms with Gasteiger partial charge < -0.3 is 10.2 Å². The van der Waals surface area contributed by atoms with Gasteiger partial charge in [-0.15, -0.1) is 0 Å². The summed E-state index contributed by atoms with van der Waals surface area (Å²) in [6.45, 7) is 0. The number of aliphatic hydroxyl groups is 1. The lowest BCUT2D eigenvalue weighted by molar-refractivity contribution is -0.146. The van der Waals surface area contributed by atoms with Crippen LogP contribution in [0.25, 0.3) is 0 Å². The molecule has 0 amide bonds. The Kier molecular flexibility index (Phi) is 3.02. The van der Waals surface area contributed by atoms with Crippen LogP contribution in [-0.2, 0) is 4.79 Å². The average molecular weight is 193 g/mol. The van der Waals surface area contributed by atoms with Gasteiger partial charge in [0.2, 0.25) is 3.79 Å². The summed E-state index contributed by atoms with van der Waals surface area (Å²) in [6.07, 6.45) is -1.97. The van der Waals surface area contributed by atoms with Crippen LogP contribution in [0.15, 0.2) is 0 Å². The van der Waals surface area contributed by atoms with Crippen molar-refractivity contribution in [1.82, 2.24) is 0 Å². The maximum absolute atomic E-state index is 9.84. The van der Waals surface area contributed by atoms with Gasteiger partial charge in [-0.05, 0) is 0 Å². The third-order valence-corrected chi connectivity index (χ3v) is 1.16. The number of aliphatic hydroxyl groups excluding tert-OH is 1. The van der Waals surface area contributed by atoms with Gasteiger partial charge >= 0.3 is 5.97 Å². The van der Waals surface area contributed by atoms with Crippen molar-refractivity contribution in [3.63, 3.8) is 0 Å². The second-order valence-corrected chi connectivity index (χ2v) is 3.65. The lowest BCUT2D eigenvalue weighted by atomic mass is 10.4. The lowest BCUT2D eigenvalue weighted by Crippen LogP contribution is -2.33. The van der Waals surface area contributed by atoms with Gasteiger partial charge in [0.15, 0.2) is 6.10 Å². The summed E-state index contributed by atoms with van der Waals surface area (Å²) in [5.41, 5.74) is 0. The van der Waals surface area contributed by atoms with Crippen LogP contribution in [0.5, 0.6) is 0 Å². The zero-order chi connectivity index (χ0) is 7.65. The van der Waals surface area contributed by atoms with Gasteiger partial charge in [-0.1, -0.05) is 34.8 Å². The third kappa shape index (κ3) is 3.11. The van der Waals surface area contributed by atoms with Crippen LogP contribution in [0.3, 0.4) is 0 Å². The van der Waals surface area contributed by atoms with Crippen LogP contribution < -0.4 is 0 Å². The van der Waals surface area contributed by atoms with Gasteiger partial charge in [-0.3, -0.25) is 0 Å². The highest BCUT2D eigenvalue weighted by Gasteiger charge is 2.36. The SMILES string of the molecule is O=C(O)[C@@H](O)C(Cl)(Cl)Cl. The normalized spacial score (nSPS) is 15.1. The number of alkyl halides is 3. The Hall–Kier alpha value is 0.300. The molecule has 0 aliphatic heterocycles. The fourth-order valence-electron chi connectivity index (χ4n) is 0.140. The van der Waals surface area contributed by atoms with Crippen LogP contribution in [0.4, 0.5) is 0 Å². The monoisotopic (exact) mass is 192 g/mol. The minimum absolute atomic E-state index is 1.56. The van der Waals surface area contributed by atoms with E-state index < -0.39 is 15.9 Å². The standard InChI is InChI=1S/C3H3Cl3O3/c4-3(5,6)1(7)2(8)9/h1,7H,(H,8,9)/t1-/m1/s1. The number of rotatable bonds is 1. The molecule has 0 radical (unpaired) electrons. The fourth-order valence-corrected chi connectivity index (χ4v) is 0.420. The molecule has 0 fully saturated rings. The quantitative estimate of drug-likeness (QED) is 0.606. The van der Waals surface area contributed by atoms with Crippen molar-refractivity contribution in [3.8, 4) is 0 Å². The molecule has 0 aromatic rings. The van der Waals surface area contributed by atoms with E-state index in [1.165, 1.54) is 0 Å². The van der Waals surface area contributed by atoms with E-state index in [0.29, 0.717) is 0 Å². The van der Waals surface area contributed by atoms with E-state index in [0.717, 1.165) is 0 Å². The molecule has 2 N–H and O–H groups in total. The highest BCUT2D eigenvalue weighted by Crippen LogP contribution is 2.29. The first-order chi connectivity index (χ1) is 3.85. The summed E-state index contributed by atoms with van der Waals surface area (Å²) in [5.74, 6) is -1.56. The van der Waals surface area contributed by atoms with E-state index >= 15 is 0 Å². The number of carboxylic acids is 1. The van der Waals surface area contributed by atoms with Crippen LogP contribution in [0.2, 0.25) is 0 Å². The first-order valence-electron chi connectivity index (χ1n) is 1.83. The molecule has 0 aliphatic rings. The first-order valence-corrected chi connectivity index (χ1v) is 2.96. The Balaban J connectivity index is 4.04. The van der Waals surface area contributed by atoms with Crippen LogP contribution in [0.1, 0.15) is 0 Å².